The van der Waals surface area contributed by atoms with Gasteiger partial charge in [0.05, 0.1) is 14.2 Å². The number of carbonyl (C=O) groups is 1. The van der Waals surface area contributed by atoms with Crippen molar-refractivity contribution in [3.8, 4) is 11.5 Å². The Kier molecular flexibility index (Phi) is 5.07. The molecule has 0 spiro atoms. The molecule has 0 aromatic heterocycles. The van der Waals surface area contributed by atoms with E-state index in [4.69, 9.17) is 15.2 Å². The molecule has 0 radical (unpaired) electrons. The number of nitrogens with two attached hydrogens (primary N) is 1. The van der Waals surface area contributed by atoms with Crippen LogP contribution in [0.1, 0.15) is 41.6 Å². The van der Waals surface area contributed by atoms with E-state index in [1.807, 2.05) is 6.92 Å². The van der Waals surface area contributed by atoms with Crippen LogP contribution in [0.25, 0.3) is 0 Å². The smallest absolute Gasteiger partial charge is 0.251 e. The average Bonchev–Trinajstić information content (AvgIpc) is 2.49. The van der Waals surface area contributed by atoms with E-state index in [9.17, 15) is 4.79 Å². The van der Waals surface area contributed by atoms with Crippen LogP contribution in [0.5, 0.6) is 11.5 Å². The van der Waals surface area contributed by atoms with Gasteiger partial charge in [-0.3, -0.25) is 4.79 Å². The molecule has 3 N–H and O–H groups in total. The summed E-state index contributed by atoms with van der Waals surface area (Å²) in [6.07, 6.45) is 4.15. The molecule has 5 nitrogen and oxygen atoms in total. The minimum atomic E-state index is -0.131. The van der Waals surface area contributed by atoms with Crippen LogP contribution in [-0.4, -0.2) is 32.2 Å². The van der Waals surface area contributed by atoms with Gasteiger partial charge < -0.3 is 20.5 Å². The average molecular weight is 292 g/mol. The number of amides is 1. The summed E-state index contributed by atoms with van der Waals surface area (Å²) in [7, 11) is 3.17. The number of carbonyl (C=O) groups excluding carboxylic acids is 1. The highest BCUT2D eigenvalue weighted by molar-refractivity contribution is 5.95. The second kappa shape index (κ2) is 6.80. The van der Waals surface area contributed by atoms with Crippen molar-refractivity contribution >= 4 is 5.91 Å². The van der Waals surface area contributed by atoms with E-state index in [-0.39, 0.29) is 18.0 Å². The van der Waals surface area contributed by atoms with Crippen molar-refractivity contribution in [1.82, 2.24) is 5.32 Å². The van der Waals surface area contributed by atoms with Crippen LogP contribution in [0, 0.1) is 6.92 Å². The topological polar surface area (TPSA) is 73.6 Å². The van der Waals surface area contributed by atoms with Gasteiger partial charge >= 0.3 is 0 Å². The molecule has 2 rings (SSSR count). The minimum absolute atomic E-state index is 0.0388. The van der Waals surface area contributed by atoms with Crippen LogP contribution in [0.4, 0.5) is 0 Å². The lowest BCUT2D eigenvalue weighted by Crippen LogP contribution is -2.49. The Balaban J connectivity index is 2.18. The first kappa shape index (κ1) is 15.6. The fourth-order valence-electron chi connectivity index (χ4n) is 2.81. The first-order chi connectivity index (χ1) is 10.1. The predicted molar refractivity (Wildman–Crippen MR) is 82.0 cm³/mol. The molecule has 1 aliphatic carbocycles. The molecule has 1 fully saturated rings. The molecule has 2 atom stereocenters. The maximum absolute atomic E-state index is 12.4. The monoisotopic (exact) mass is 292 g/mol. The third-order valence-electron chi connectivity index (χ3n) is 4.15. The Morgan fingerprint density at radius 3 is 2.29 bits per heavy atom. The predicted octanol–water partition coefficient (Wildman–Crippen LogP) is 2.01. The van der Waals surface area contributed by atoms with Gasteiger partial charge in [0.1, 0.15) is 11.5 Å². The van der Waals surface area contributed by atoms with Crippen LogP contribution in [0.15, 0.2) is 12.1 Å². The zero-order valence-electron chi connectivity index (χ0n) is 12.9. The maximum Gasteiger partial charge on any atom is 0.251 e. The molecule has 0 aliphatic heterocycles. The third-order valence-corrected chi connectivity index (χ3v) is 4.15. The van der Waals surface area contributed by atoms with E-state index in [1.165, 1.54) is 0 Å². The quantitative estimate of drug-likeness (QED) is 0.890. The maximum atomic E-state index is 12.4. The Labute approximate surface area is 125 Å². The van der Waals surface area contributed by atoms with E-state index in [0.717, 1.165) is 31.2 Å². The zero-order chi connectivity index (χ0) is 15.4. The van der Waals surface area contributed by atoms with Crippen molar-refractivity contribution in [2.75, 3.05) is 14.2 Å². The van der Waals surface area contributed by atoms with Gasteiger partial charge in [0.15, 0.2) is 0 Å². The molecule has 1 aromatic rings. The SMILES string of the molecule is COc1cc(C(=O)N[C@@H]2CCCC[C@H]2N)cc(OC)c1C. The molecule has 116 valence electrons. The summed E-state index contributed by atoms with van der Waals surface area (Å²) in [5, 5.41) is 3.03. The third kappa shape index (κ3) is 3.47. The van der Waals surface area contributed by atoms with Gasteiger partial charge in [0.25, 0.3) is 5.91 Å². The van der Waals surface area contributed by atoms with Crippen molar-refractivity contribution in [2.24, 2.45) is 5.73 Å². The van der Waals surface area contributed by atoms with Gasteiger partial charge in [-0.2, -0.15) is 0 Å². The van der Waals surface area contributed by atoms with Gasteiger partial charge in [-0.15, -0.1) is 0 Å². The fourth-order valence-corrected chi connectivity index (χ4v) is 2.81. The number of methoxy groups -OCH3 is 2. The highest BCUT2D eigenvalue weighted by Gasteiger charge is 2.24. The highest BCUT2D eigenvalue weighted by atomic mass is 16.5. The summed E-state index contributed by atoms with van der Waals surface area (Å²) in [6.45, 7) is 1.90. The fraction of sp³-hybridized carbons (Fsp3) is 0.562. The minimum Gasteiger partial charge on any atom is -0.496 e. The summed E-state index contributed by atoms with van der Waals surface area (Å²) in [5.74, 6) is 1.16. The number of hydrogen-bond donors (Lipinski definition) is 2. The molecule has 0 unspecified atom stereocenters. The molecule has 1 aliphatic rings. The number of ether oxygens (including phenoxy) is 2. The molecule has 21 heavy (non-hydrogen) atoms. The Hall–Kier alpha value is -1.75. The van der Waals surface area contributed by atoms with Crippen LogP contribution in [0.3, 0.4) is 0 Å². The molecule has 1 amide bonds. The van der Waals surface area contributed by atoms with E-state index in [2.05, 4.69) is 5.32 Å². The lowest BCUT2D eigenvalue weighted by Gasteiger charge is -2.29. The van der Waals surface area contributed by atoms with Crippen molar-refractivity contribution in [3.05, 3.63) is 23.3 Å². The first-order valence-electron chi connectivity index (χ1n) is 7.36. The van der Waals surface area contributed by atoms with Crippen molar-refractivity contribution in [1.29, 1.82) is 0 Å². The second-order valence-electron chi connectivity index (χ2n) is 5.53. The second-order valence-corrected chi connectivity index (χ2v) is 5.53. The molecular formula is C16H24N2O3. The summed E-state index contributed by atoms with van der Waals surface area (Å²) >= 11 is 0. The molecular weight excluding hydrogens is 268 g/mol. The lowest BCUT2D eigenvalue weighted by molar-refractivity contribution is 0.0920. The van der Waals surface area contributed by atoms with E-state index >= 15 is 0 Å². The van der Waals surface area contributed by atoms with E-state index < -0.39 is 0 Å². The van der Waals surface area contributed by atoms with Crippen LogP contribution in [-0.2, 0) is 0 Å². The standard InChI is InChI=1S/C16H24N2O3/c1-10-14(20-2)8-11(9-15(10)21-3)16(19)18-13-7-5-4-6-12(13)17/h8-9,12-13H,4-7,17H2,1-3H3,(H,18,19)/t12-,13-/m1/s1. The number of rotatable bonds is 4. The van der Waals surface area contributed by atoms with Gasteiger partial charge in [-0.05, 0) is 31.9 Å². The van der Waals surface area contributed by atoms with E-state index in [0.29, 0.717) is 17.1 Å². The summed E-state index contributed by atoms with van der Waals surface area (Å²) in [6, 6.07) is 3.56. The van der Waals surface area contributed by atoms with Gasteiger partial charge in [-0.25, -0.2) is 0 Å². The number of benzene rings is 1. The van der Waals surface area contributed by atoms with Crippen LogP contribution >= 0.6 is 0 Å². The normalized spacial score (nSPS) is 21.7. The zero-order valence-corrected chi connectivity index (χ0v) is 12.9. The van der Waals surface area contributed by atoms with Gasteiger partial charge in [0, 0.05) is 23.2 Å². The largest absolute Gasteiger partial charge is 0.496 e. The van der Waals surface area contributed by atoms with Crippen LogP contribution < -0.4 is 20.5 Å². The van der Waals surface area contributed by atoms with Gasteiger partial charge in [0.2, 0.25) is 0 Å². The number of hydrogen-bond acceptors (Lipinski definition) is 4. The molecule has 0 heterocycles. The van der Waals surface area contributed by atoms with Gasteiger partial charge in [-0.1, -0.05) is 12.8 Å². The Bertz CT molecular complexity index is 491. The Morgan fingerprint density at radius 2 is 1.76 bits per heavy atom. The van der Waals surface area contributed by atoms with E-state index in [1.54, 1.807) is 26.4 Å². The summed E-state index contributed by atoms with van der Waals surface area (Å²) < 4.78 is 10.6. The molecule has 0 saturated heterocycles. The molecule has 1 aromatic carbocycles. The van der Waals surface area contributed by atoms with Crippen LogP contribution in [0.2, 0.25) is 0 Å². The molecule has 5 heteroatoms. The lowest BCUT2D eigenvalue weighted by atomic mass is 9.91. The van der Waals surface area contributed by atoms with Crippen molar-refractivity contribution in [2.45, 2.75) is 44.7 Å². The van der Waals surface area contributed by atoms with Crippen molar-refractivity contribution in [3.63, 3.8) is 0 Å². The number of nitrogens with one attached hydrogen (secondary N) is 1. The summed E-state index contributed by atoms with van der Waals surface area (Å²) in [4.78, 5) is 12.4. The highest BCUT2D eigenvalue weighted by Crippen LogP contribution is 2.29. The summed E-state index contributed by atoms with van der Waals surface area (Å²) in [5.41, 5.74) is 7.49. The Morgan fingerprint density at radius 1 is 1.19 bits per heavy atom. The molecule has 1 saturated carbocycles. The van der Waals surface area contributed by atoms with Crippen molar-refractivity contribution < 1.29 is 14.3 Å². The first-order valence-corrected chi connectivity index (χ1v) is 7.36. The molecule has 0 bridgehead atoms.